The zero-order valence-corrected chi connectivity index (χ0v) is 17.3. The average molecular weight is 383 g/mol. The summed E-state index contributed by atoms with van der Waals surface area (Å²) in [6, 6.07) is 22.7. The highest BCUT2D eigenvalue weighted by atomic mass is 15.3. The molecule has 0 aromatic heterocycles. The fourth-order valence-electron chi connectivity index (χ4n) is 4.14. The Balaban J connectivity index is 1.93. The van der Waals surface area contributed by atoms with Crippen molar-refractivity contribution in [1.29, 1.82) is 0 Å². The van der Waals surface area contributed by atoms with E-state index in [4.69, 9.17) is 15.7 Å². The first kappa shape index (κ1) is 18.9. The lowest BCUT2D eigenvalue weighted by molar-refractivity contribution is 0.515. The van der Waals surface area contributed by atoms with E-state index in [0.29, 0.717) is 11.7 Å². The summed E-state index contributed by atoms with van der Waals surface area (Å²) in [4.78, 5) is 9.87. The number of rotatable bonds is 3. The van der Waals surface area contributed by atoms with Gasteiger partial charge >= 0.3 is 0 Å². The molecule has 0 radical (unpaired) electrons. The van der Waals surface area contributed by atoms with E-state index in [0.717, 1.165) is 39.1 Å². The van der Waals surface area contributed by atoms with E-state index in [1.54, 1.807) is 0 Å². The number of para-hydroxylation sites is 1. The van der Waals surface area contributed by atoms with Crippen LogP contribution >= 0.6 is 0 Å². The maximum absolute atomic E-state index is 6.43. The molecule has 4 rings (SSSR count). The standard InChI is InChI=1S/C25H26N4/c1-16-10-8-11-17(2)21(16)25(20-14-6-5-7-15-20)28-23(26)24(29-25)27-22-18(3)12-9-13-19(22)4/h5-15H,1-4H3,(H2,26,28)(H,27,29). The molecule has 0 saturated heterocycles. The molecule has 0 aliphatic carbocycles. The Hall–Kier alpha value is -3.40. The molecule has 0 bridgehead atoms. The highest BCUT2D eigenvalue weighted by molar-refractivity contribution is 6.42. The van der Waals surface area contributed by atoms with Crippen molar-refractivity contribution in [3.05, 3.63) is 100 Å². The number of aliphatic imine (C=N–C) groups is 2. The molecule has 0 fully saturated rings. The van der Waals surface area contributed by atoms with Gasteiger partial charge in [0.05, 0.1) is 5.69 Å². The van der Waals surface area contributed by atoms with Crippen LogP contribution < -0.4 is 11.1 Å². The molecule has 3 N–H and O–H groups in total. The van der Waals surface area contributed by atoms with Crippen LogP contribution in [0.15, 0.2) is 76.7 Å². The van der Waals surface area contributed by atoms with Gasteiger partial charge in [-0.25, -0.2) is 9.98 Å². The van der Waals surface area contributed by atoms with Crippen molar-refractivity contribution in [1.82, 2.24) is 5.32 Å². The molecule has 0 saturated carbocycles. The Labute approximate surface area is 172 Å². The first-order valence-corrected chi connectivity index (χ1v) is 9.83. The lowest BCUT2D eigenvalue weighted by Gasteiger charge is -2.31. The number of hydrogen-bond acceptors (Lipinski definition) is 3. The van der Waals surface area contributed by atoms with E-state index < -0.39 is 5.66 Å². The van der Waals surface area contributed by atoms with Crippen LogP contribution in [-0.4, -0.2) is 11.7 Å². The molecule has 4 nitrogen and oxygen atoms in total. The monoisotopic (exact) mass is 382 g/mol. The number of hydrogen-bond donors (Lipinski definition) is 2. The summed E-state index contributed by atoms with van der Waals surface area (Å²) < 4.78 is 0. The van der Waals surface area contributed by atoms with Gasteiger partial charge in [-0.05, 0) is 49.9 Å². The fraction of sp³-hybridized carbons (Fsp3) is 0.200. The molecule has 0 spiro atoms. The number of benzene rings is 3. The zero-order valence-electron chi connectivity index (χ0n) is 17.3. The normalized spacial score (nSPS) is 19.9. The molecule has 1 atom stereocenters. The summed E-state index contributed by atoms with van der Waals surface area (Å²) in [7, 11) is 0. The van der Waals surface area contributed by atoms with Gasteiger partial charge in [0, 0.05) is 11.1 Å². The molecule has 1 heterocycles. The summed E-state index contributed by atoms with van der Waals surface area (Å²) in [5.41, 5.74) is 13.2. The van der Waals surface area contributed by atoms with Crippen LogP contribution in [0, 0.1) is 27.7 Å². The van der Waals surface area contributed by atoms with Crippen LogP contribution in [-0.2, 0) is 5.66 Å². The predicted molar refractivity (Wildman–Crippen MR) is 121 cm³/mol. The Morgan fingerprint density at radius 2 is 1.31 bits per heavy atom. The van der Waals surface area contributed by atoms with Gasteiger partial charge in [0.15, 0.2) is 17.3 Å². The second-order valence-electron chi connectivity index (χ2n) is 7.67. The Bertz CT molecular complexity index is 1090. The van der Waals surface area contributed by atoms with Crippen molar-refractivity contribution >= 4 is 17.4 Å². The highest BCUT2D eigenvalue weighted by Gasteiger charge is 2.42. The van der Waals surface area contributed by atoms with Gasteiger partial charge in [0.25, 0.3) is 0 Å². The van der Waals surface area contributed by atoms with Crippen LogP contribution in [0.3, 0.4) is 0 Å². The van der Waals surface area contributed by atoms with E-state index in [-0.39, 0.29) is 0 Å². The van der Waals surface area contributed by atoms with E-state index in [1.807, 2.05) is 24.3 Å². The fourth-order valence-corrected chi connectivity index (χ4v) is 4.14. The van der Waals surface area contributed by atoms with Crippen molar-refractivity contribution in [3.8, 4) is 0 Å². The van der Waals surface area contributed by atoms with Gasteiger partial charge in [0.2, 0.25) is 0 Å². The third-order valence-corrected chi connectivity index (χ3v) is 5.53. The zero-order chi connectivity index (χ0) is 20.6. The smallest absolute Gasteiger partial charge is 0.186 e. The van der Waals surface area contributed by atoms with Gasteiger partial charge < -0.3 is 11.1 Å². The molecule has 4 heteroatoms. The van der Waals surface area contributed by atoms with Crippen molar-refractivity contribution in [2.24, 2.45) is 15.7 Å². The van der Waals surface area contributed by atoms with Gasteiger partial charge in [-0.1, -0.05) is 66.7 Å². The lowest BCUT2D eigenvalue weighted by Crippen LogP contribution is -2.42. The van der Waals surface area contributed by atoms with Gasteiger partial charge in [-0.2, -0.15) is 0 Å². The Kier molecular flexibility index (Phi) is 4.71. The van der Waals surface area contributed by atoms with Gasteiger partial charge in [-0.3, -0.25) is 0 Å². The topological polar surface area (TPSA) is 62.8 Å². The van der Waals surface area contributed by atoms with Crippen LogP contribution in [0.5, 0.6) is 0 Å². The molecule has 0 amide bonds. The summed E-state index contributed by atoms with van der Waals surface area (Å²) in [6.07, 6.45) is 0. The number of nitrogens with two attached hydrogens (primary N) is 1. The van der Waals surface area contributed by atoms with Gasteiger partial charge in [-0.15, -0.1) is 0 Å². The van der Waals surface area contributed by atoms with Crippen LogP contribution in [0.4, 0.5) is 5.69 Å². The largest absolute Gasteiger partial charge is 0.381 e. The molecule has 1 aliphatic rings. The summed E-state index contributed by atoms with van der Waals surface area (Å²) >= 11 is 0. The van der Waals surface area contributed by atoms with E-state index in [1.165, 1.54) is 0 Å². The van der Waals surface area contributed by atoms with E-state index >= 15 is 0 Å². The van der Waals surface area contributed by atoms with Crippen LogP contribution in [0.25, 0.3) is 0 Å². The lowest BCUT2D eigenvalue weighted by atomic mass is 9.86. The molecular formula is C25H26N4. The maximum atomic E-state index is 6.43. The highest BCUT2D eigenvalue weighted by Crippen LogP contribution is 2.38. The Morgan fingerprint density at radius 1 is 0.759 bits per heavy atom. The average Bonchev–Trinajstić information content (AvgIpc) is 3.02. The summed E-state index contributed by atoms with van der Waals surface area (Å²) in [5.74, 6) is 1.02. The van der Waals surface area contributed by atoms with Crippen molar-refractivity contribution in [2.75, 3.05) is 0 Å². The van der Waals surface area contributed by atoms with Crippen molar-refractivity contribution in [2.45, 2.75) is 33.4 Å². The SMILES string of the molecule is Cc1cccc(C)c1/N=C1\NC(c2ccccc2)(c2c(C)cccc2C)N=C1N. The minimum absolute atomic E-state index is 0.416. The molecule has 3 aromatic carbocycles. The molecule has 146 valence electrons. The maximum Gasteiger partial charge on any atom is 0.186 e. The molecule has 3 aromatic rings. The molecule has 1 aliphatic heterocycles. The Morgan fingerprint density at radius 3 is 1.90 bits per heavy atom. The van der Waals surface area contributed by atoms with Gasteiger partial charge in [0.1, 0.15) is 0 Å². The first-order valence-electron chi connectivity index (χ1n) is 9.83. The van der Waals surface area contributed by atoms with Crippen molar-refractivity contribution in [3.63, 3.8) is 0 Å². The number of amidine groups is 2. The molecular weight excluding hydrogens is 356 g/mol. The minimum atomic E-state index is -0.795. The number of nitrogens with zero attached hydrogens (tertiary/aromatic N) is 2. The molecule has 1 unspecified atom stereocenters. The summed E-state index contributed by atoms with van der Waals surface area (Å²) in [6.45, 7) is 8.34. The quantitative estimate of drug-likeness (QED) is 0.683. The van der Waals surface area contributed by atoms with E-state index in [9.17, 15) is 0 Å². The number of aryl methyl sites for hydroxylation is 4. The second kappa shape index (κ2) is 7.21. The van der Waals surface area contributed by atoms with E-state index in [2.05, 4.69) is 75.5 Å². The third kappa shape index (κ3) is 3.21. The number of nitrogens with one attached hydrogen (secondary N) is 1. The van der Waals surface area contributed by atoms with Crippen LogP contribution in [0.1, 0.15) is 33.4 Å². The minimum Gasteiger partial charge on any atom is -0.381 e. The second-order valence-corrected chi connectivity index (χ2v) is 7.67. The van der Waals surface area contributed by atoms with Crippen LogP contribution in [0.2, 0.25) is 0 Å². The molecule has 29 heavy (non-hydrogen) atoms. The summed E-state index contributed by atoms with van der Waals surface area (Å²) in [5, 5.41) is 3.59. The van der Waals surface area contributed by atoms with Crippen molar-refractivity contribution < 1.29 is 0 Å². The predicted octanol–water partition coefficient (Wildman–Crippen LogP) is 4.81. The first-order chi connectivity index (χ1) is 13.9. The third-order valence-electron chi connectivity index (χ3n) is 5.53.